The Balaban J connectivity index is 1.60. The molecule has 0 amide bonds. The van der Waals surface area contributed by atoms with Crippen molar-refractivity contribution in [1.29, 1.82) is 5.26 Å². The van der Waals surface area contributed by atoms with Crippen molar-refractivity contribution in [3.8, 4) is 11.8 Å². The van der Waals surface area contributed by atoms with Crippen molar-refractivity contribution in [2.45, 2.75) is 25.4 Å². The zero-order valence-electron chi connectivity index (χ0n) is 13.2. The molecule has 0 spiro atoms. The second kappa shape index (κ2) is 5.89. The van der Waals surface area contributed by atoms with Crippen molar-refractivity contribution in [3.63, 3.8) is 0 Å². The lowest BCUT2D eigenvalue weighted by molar-refractivity contribution is 0.297. The van der Waals surface area contributed by atoms with Gasteiger partial charge in [-0.15, -0.1) is 0 Å². The van der Waals surface area contributed by atoms with Gasteiger partial charge >= 0.3 is 5.69 Å². The van der Waals surface area contributed by atoms with Crippen molar-refractivity contribution in [2.24, 2.45) is 0 Å². The molecule has 0 unspecified atom stereocenters. The molecule has 1 saturated carbocycles. The Morgan fingerprint density at radius 3 is 2.54 bits per heavy atom. The minimum Gasteiger partial charge on any atom is -0.490 e. The molecule has 0 radical (unpaired) electrons. The number of rotatable bonds is 5. The van der Waals surface area contributed by atoms with Gasteiger partial charge in [0.05, 0.1) is 23.1 Å². The smallest absolute Gasteiger partial charge is 0.329 e. The van der Waals surface area contributed by atoms with Gasteiger partial charge in [-0.25, -0.2) is 4.79 Å². The summed E-state index contributed by atoms with van der Waals surface area (Å²) in [6.07, 6.45) is 2.14. The van der Waals surface area contributed by atoms with Crippen LogP contribution in [0, 0.1) is 11.3 Å². The van der Waals surface area contributed by atoms with Gasteiger partial charge in [-0.1, -0.05) is 24.3 Å². The number of nitriles is 1. The third kappa shape index (κ3) is 2.46. The lowest BCUT2D eigenvalue weighted by atomic mass is 10.2. The van der Waals surface area contributed by atoms with Crippen molar-refractivity contribution in [1.82, 2.24) is 9.13 Å². The predicted molar refractivity (Wildman–Crippen MR) is 91.1 cm³/mol. The molecule has 0 aliphatic heterocycles. The standard InChI is InChI=1S/C19H17N3O2/c20-13-14-5-1-4-8-18(14)24-12-11-21-16-6-2-3-7-17(16)22(19(21)23)15-9-10-15/h1-8,15H,9-12H2. The lowest BCUT2D eigenvalue weighted by Gasteiger charge is -2.08. The van der Waals surface area contributed by atoms with Gasteiger partial charge in [-0.2, -0.15) is 5.26 Å². The van der Waals surface area contributed by atoms with Gasteiger partial charge in [0.2, 0.25) is 0 Å². The minimum absolute atomic E-state index is 0.0240. The van der Waals surface area contributed by atoms with Gasteiger partial charge in [-0.05, 0) is 37.1 Å². The topological polar surface area (TPSA) is 59.9 Å². The van der Waals surface area contributed by atoms with E-state index < -0.39 is 0 Å². The largest absolute Gasteiger partial charge is 0.490 e. The van der Waals surface area contributed by atoms with Crippen LogP contribution in [0.4, 0.5) is 0 Å². The Labute approximate surface area is 139 Å². The van der Waals surface area contributed by atoms with E-state index in [1.165, 1.54) is 0 Å². The highest BCUT2D eigenvalue weighted by atomic mass is 16.5. The maximum atomic E-state index is 12.8. The second-order valence-corrected chi connectivity index (χ2v) is 5.98. The van der Waals surface area contributed by atoms with E-state index in [9.17, 15) is 4.79 Å². The van der Waals surface area contributed by atoms with Crippen LogP contribution >= 0.6 is 0 Å². The van der Waals surface area contributed by atoms with E-state index >= 15 is 0 Å². The molecule has 0 N–H and O–H groups in total. The summed E-state index contributed by atoms with van der Waals surface area (Å²) in [4.78, 5) is 12.8. The Hall–Kier alpha value is -3.00. The van der Waals surface area contributed by atoms with Crippen molar-refractivity contribution >= 4 is 11.0 Å². The molecule has 2 aromatic carbocycles. The molecule has 5 nitrogen and oxygen atoms in total. The first kappa shape index (κ1) is 14.6. The van der Waals surface area contributed by atoms with E-state index in [1.54, 1.807) is 22.8 Å². The molecule has 120 valence electrons. The van der Waals surface area contributed by atoms with Crippen LogP contribution in [0.5, 0.6) is 5.75 Å². The third-order valence-corrected chi connectivity index (χ3v) is 4.36. The van der Waals surface area contributed by atoms with E-state index in [1.807, 2.05) is 34.9 Å². The molecular formula is C19H17N3O2. The van der Waals surface area contributed by atoms with E-state index in [-0.39, 0.29) is 5.69 Å². The summed E-state index contributed by atoms with van der Waals surface area (Å²) in [6.45, 7) is 0.802. The predicted octanol–water partition coefficient (Wildman–Crippen LogP) is 3.09. The summed E-state index contributed by atoms with van der Waals surface area (Å²) in [5, 5.41) is 9.10. The number of aromatic nitrogens is 2. The fourth-order valence-electron chi connectivity index (χ4n) is 3.07. The van der Waals surface area contributed by atoms with Gasteiger partial charge < -0.3 is 4.74 Å². The third-order valence-electron chi connectivity index (χ3n) is 4.36. The Kier molecular flexibility index (Phi) is 3.58. The number of para-hydroxylation sites is 3. The van der Waals surface area contributed by atoms with Crippen molar-refractivity contribution in [3.05, 3.63) is 64.6 Å². The maximum absolute atomic E-state index is 12.8. The number of benzene rings is 2. The summed E-state index contributed by atoms with van der Waals surface area (Å²) in [6, 6.07) is 17.5. The van der Waals surface area contributed by atoms with Gasteiger partial charge in [0, 0.05) is 6.04 Å². The van der Waals surface area contributed by atoms with Gasteiger partial charge in [0.15, 0.2) is 0 Å². The monoisotopic (exact) mass is 319 g/mol. The summed E-state index contributed by atoms with van der Waals surface area (Å²) in [5.74, 6) is 0.555. The molecule has 1 aliphatic carbocycles. The molecule has 24 heavy (non-hydrogen) atoms. The van der Waals surface area contributed by atoms with Crippen LogP contribution in [0.1, 0.15) is 24.4 Å². The number of fused-ring (bicyclic) bond motifs is 1. The van der Waals surface area contributed by atoms with Crippen molar-refractivity contribution in [2.75, 3.05) is 6.61 Å². The van der Waals surface area contributed by atoms with Crippen LogP contribution in [0.25, 0.3) is 11.0 Å². The van der Waals surface area contributed by atoms with Crippen LogP contribution in [0.15, 0.2) is 53.3 Å². The maximum Gasteiger partial charge on any atom is 0.329 e. The van der Waals surface area contributed by atoms with Gasteiger partial charge in [-0.3, -0.25) is 9.13 Å². The Morgan fingerprint density at radius 1 is 1.08 bits per heavy atom. The zero-order chi connectivity index (χ0) is 16.5. The van der Waals surface area contributed by atoms with Gasteiger partial charge in [0.25, 0.3) is 0 Å². The molecule has 4 rings (SSSR count). The van der Waals surface area contributed by atoms with Gasteiger partial charge in [0.1, 0.15) is 18.4 Å². The first-order chi connectivity index (χ1) is 11.8. The average molecular weight is 319 g/mol. The normalized spacial score (nSPS) is 13.8. The van der Waals surface area contributed by atoms with E-state index in [0.29, 0.717) is 30.5 Å². The SMILES string of the molecule is N#Cc1ccccc1OCCn1c(=O)n(C2CC2)c2ccccc21. The molecule has 1 fully saturated rings. The lowest BCUT2D eigenvalue weighted by Crippen LogP contribution is -2.25. The molecule has 0 saturated heterocycles. The zero-order valence-corrected chi connectivity index (χ0v) is 13.2. The number of hydrogen-bond acceptors (Lipinski definition) is 3. The summed E-state index contributed by atoms with van der Waals surface area (Å²) >= 11 is 0. The highest BCUT2D eigenvalue weighted by Gasteiger charge is 2.28. The van der Waals surface area contributed by atoms with E-state index in [2.05, 4.69) is 6.07 Å². The fourth-order valence-corrected chi connectivity index (χ4v) is 3.07. The minimum atomic E-state index is 0.0240. The van der Waals surface area contributed by atoms with Crippen LogP contribution in [0.2, 0.25) is 0 Å². The molecule has 1 heterocycles. The summed E-state index contributed by atoms with van der Waals surface area (Å²) in [7, 11) is 0. The van der Waals surface area contributed by atoms with Crippen LogP contribution in [0.3, 0.4) is 0 Å². The molecular weight excluding hydrogens is 302 g/mol. The van der Waals surface area contributed by atoms with Crippen LogP contribution in [-0.4, -0.2) is 15.7 Å². The quantitative estimate of drug-likeness (QED) is 0.726. The Morgan fingerprint density at radius 2 is 1.79 bits per heavy atom. The molecule has 0 bridgehead atoms. The molecule has 1 aromatic heterocycles. The first-order valence-corrected chi connectivity index (χ1v) is 8.11. The van der Waals surface area contributed by atoms with Crippen LogP contribution < -0.4 is 10.4 Å². The number of nitrogens with zero attached hydrogens (tertiary/aromatic N) is 3. The Bertz CT molecular complexity index is 990. The highest BCUT2D eigenvalue weighted by molar-refractivity contribution is 5.76. The second-order valence-electron chi connectivity index (χ2n) is 5.98. The number of imidazole rings is 1. The average Bonchev–Trinajstić information content (AvgIpc) is 3.41. The number of ether oxygens (including phenoxy) is 1. The highest BCUT2D eigenvalue weighted by Crippen LogP contribution is 2.36. The molecule has 3 aromatic rings. The molecule has 0 atom stereocenters. The number of hydrogen-bond donors (Lipinski definition) is 0. The van der Waals surface area contributed by atoms with Crippen molar-refractivity contribution < 1.29 is 4.74 Å². The molecule has 5 heteroatoms. The summed E-state index contributed by atoms with van der Waals surface area (Å²) in [5.41, 5.74) is 2.45. The van der Waals surface area contributed by atoms with Crippen LogP contribution in [-0.2, 0) is 6.54 Å². The van der Waals surface area contributed by atoms with E-state index in [0.717, 1.165) is 23.9 Å². The first-order valence-electron chi connectivity index (χ1n) is 8.11. The molecule has 1 aliphatic rings. The van der Waals surface area contributed by atoms with E-state index in [4.69, 9.17) is 10.00 Å². The fraction of sp³-hybridized carbons (Fsp3) is 0.263. The summed E-state index contributed by atoms with van der Waals surface area (Å²) < 4.78 is 9.40.